The van der Waals surface area contributed by atoms with Gasteiger partial charge in [-0.3, -0.25) is 15.0 Å². The molecule has 3 heterocycles. The summed E-state index contributed by atoms with van der Waals surface area (Å²) in [6.45, 7) is 7.80. The number of pyridine rings is 3. The largest absolute Gasteiger partial charge is 0.255 e. The van der Waals surface area contributed by atoms with Gasteiger partial charge in [0.05, 0.1) is 16.6 Å². The average Bonchev–Trinajstić information content (AvgIpc) is 3.04. The van der Waals surface area contributed by atoms with Crippen LogP contribution in [0.5, 0.6) is 0 Å². The lowest BCUT2D eigenvalue weighted by Crippen LogP contribution is -1.92. The first-order valence-corrected chi connectivity index (χ1v) is 13.2. The van der Waals surface area contributed by atoms with Gasteiger partial charge in [0.2, 0.25) is 0 Å². The molecule has 0 spiro atoms. The van der Waals surface area contributed by atoms with Crippen molar-refractivity contribution < 1.29 is 0 Å². The van der Waals surface area contributed by atoms with Crippen molar-refractivity contribution in [3.8, 4) is 33.4 Å². The minimum absolute atomic E-state index is 0.876. The minimum Gasteiger partial charge on any atom is -0.255 e. The van der Waals surface area contributed by atoms with Crippen molar-refractivity contribution in [1.29, 1.82) is 0 Å². The summed E-state index contributed by atoms with van der Waals surface area (Å²) in [5, 5.41) is 3.13. The van der Waals surface area contributed by atoms with E-state index < -0.39 is 0 Å². The topological polar surface area (TPSA) is 38.7 Å². The smallest absolute Gasteiger partial charge is 0.0986 e. The van der Waals surface area contributed by atoms with E-state index in [0.29, 0.717) is 0 Å². The second-order valence-corrected chi connectivity index (χ2v) is 9.87. The van der Waals surface area contributed by atoms with Gasteiger partial charge in [0.1, 0.15) is 0 Å². The summed E-state index contributed by atoms with van der Waals surface area (Å²) < 4.78 is 0. The van der Waals surface area contributed by atoms with Crippen LogP contribution in [0.3, 0.4) is 0 Å². The lowest BCUT2D eigenvalue weighted by Gasteiger charge is -2.13. The molecule has 4 aromatic carbocycles. The molecular weight excluding hydrogens is 486 g/mol. The molecule has 0 saturated heterocycles. The van der Waals surface area contributed by atoms with Gasteiger partial charge in [0, 0.05) is 40.3 Å². The second-order valence-electron chi connectivity index (χ2n) is 9.87. The van der Waals surface area contributed by atoms with Crippen LogP contribution in [0, 0.1) is 0 Å². The zero-order valence-corrected chi connectivity index (χ0v) is 21.9. The molecule has 188 valence electrons. The first kappa shape index (κ1) is 23.7. The van der Waals surface area contributed by atoms with E-state index in [1.807, 2.05) is 42.9 Å². The van der Waals surface area contributed by atoms with E-state index in [1.54, 1.807) is 0 Å². The van der Waals surface area contributed by atoms with E-state index in [9.17, 15) is 0 Å². The van der Waals surface area contributed by atoms with Gasteiger partial charge in [0.25, 0.3) is 0 Å². The third-order valence-corrected chi connectivity index (χ3v) is 7.50. The molecule has 0 atom stereocenters. The van der Waals surface area contributed by atoms with Crippen LogP contribution < -0.4 is 0 Å². The highest BCUT2D eigenvalue weighted by atomic mass is 14.7. The fourth-order valence-electron chi connectivity index (χ4n) is 5.39. The van der Waals surface area contributed by atoms with Crippen molar-refractivity contribution in [2.45, 2.75) is 0 Å². The lowest BCUT2D eigenvalue weighted by molar-refractivity contribution is 1.37. The highest BCUT2D eigenvalue weighted by Gasteiger charge is 2.14. The summed E-state index contributed by atoms with van der Waals surface area (Å²) in [5.74, 6) is 0. The van der Waals surface area contributed by atoms with E-state index >= 15 is 0 Å². The van der Waals surface area contributed by atoms with Crippen molar-refractivity contribution in [2.24, 2.45) is 0 Å². The highest BCUT2D eigenvalue weighted by Crippen LogP contribution is 2.37. The van der Waals surface area contributed by atoms with Gasteiger partial charge in [0.15, 0.2) is 0 Å². The molecule has 0 saturated carbocycles. The van der Waals surface area contributed by atoms with Crippen LogP contribution in [0.2, 0.25) is 0 Å². The maximum atomic E-state index is 5.00. The standard InChI is InChI=1S/C37H25N3/c1-3-24-9-13-26(14-10-24)28-19-29(27-15-11-25(4-2)12-16-27)21-30(20-28)31-22-34-32-7-5-17-38-36(32)37-33(8-6-18-39-37)35(34)40-23-31/h3-23H,1-2H2. The second kappa shape index (κ2) is 9.72. The van der Waals surface area contributed by atoms with Gasteiger partial charge in [-0.05, 0) is 81.4 Å². The van der Waals surface area contributed by atoms with Crippen molar-refractivity contribution in [1.82, 2.24) is 15.0 Å². The van der Waals surface area contributed by atoms with Crippen LogP contribution in [-0.4, -0.2) is 15.0 Å². The molecule has 0 aliphatic heterocycles. The quantitative estimate of drug-likeness (QED) is 0.216. The molecule has 0 aliphatic carbocycles. The first-order chi connectivity index (χ1) is 19.7. The van der Waals surface area contributed by atoms with Gasteiger partial charge in [-0.1, -0.05) is 79.9 Å². The predicted octanol–water partition coefficient (Wildman–Crippen LogP) is 9.62. The SMILES string of the molecule is C=Cc1ccc(-c2cc(-c3ccc(C=C)cc3)cc(-c3cnc4c(c3)c3cccnc3c3ncccc43)c2)cc1. The molecular formula is C37H25N3. The number of fused-ring (bicyclic) bond motifs is 6. The van der Waals surface area contributed by atoms with Crippen molar-refractivity contribution in [3.05, 3.63) is 140 Å². The first-order valence-electron chi connectivity index (χ1n) is 13.2. The number of hydrogen-bond acceptors (Lipinski definition) is 3. The summed E-state index contributed by atoms with van der Waals surface area (Å²) in [6.07, 6.45) is 9.34. The van der Waals surface area contributed by atoms with E-state index in [1.165, 1.54) is 0 Å². The van der Waals surface area contributed by atoms with E-state index in [0.717, 1.165) is 77.2 Å². The van der Waals surface area contributed by atoms with Crippen LogP contribution in [0.4, 0.5) is 0 Å². The molecule has 0 N–H and O–H groups in total. The van der Waals surface area contributed by atoms with Crippen molar-refractivity contribution in [2.75, 3.05) is 0 Å². The molecule has 3 heteroatoms. The minimum atomic E-state index is 0.876. The predicted molar refractivity (Wildman–Crippen MR) is 169 cm³/mol. The van der Waals surface area contributed by atoms with Gasteiger partial charge in [-0.15, -0.1) is 0 Å². The van der Waals surface area contributed by atoms with Gasteiger partial charge in [-0.2, -0.15) is 0 Å². The number of nitrogens with zero attached hydrogens (tertiary/aromatic N) is 3. The molecule has 7 aromatic rings. The molecule has 0 unspecified atom stereocenters. The van der Waals surface area contributed by atoms with E-state index in [-0.39, 0.29) is 0 Å². The zero-order valence-electron chi connectivity index (χ0n) is 21.9. The Balaban J connectivity index is 1.47. The van der Waals surface area contributed by atoms with Crippen LogP contribution in [0.15, 0.2) is 129 Å². The molecule has 0 amide bonds. The Hall–Kier alpha value is -5.41. The lowest BCUT2D eigenvalue weighted by atomic mass is 9.92. The van der Waals surface area contributed by atoms with Gasteiger partial charge < -0.3 is 0 Å². The monoisotopic (exact) mass is 511 g/mol. The molecule has 0 fully saturated rings. The zero-order chi connectivity index (χ0) is 27.1. The maximum absolute atomic E-state index is 5.00. The van der Waals surface area contributed by atoms with Crippen LogP contribution in [0.1, 0.15) is 11.1 Å². The number of aromatic nitrogens is 3. The molecule has 0 bridgehead atoms. The fourth-order valence-corrected chi connectivity index (χ4v) is 5.39. The normalized spacial score (nSPS) is 11.2. The number of rotatable bonds is 5. The fraction of sp³-hybridized carbons (Fsp3) is 0. The Morgan fingerprint density at radius 2 is 0.925 bits per heavy atom. The summed E-state index contributed by atoms with van der Waals surface area (Å²) in [4.78, 5) is 14.3. The van der Waals surface area contributed by atoms with Crippen molar-refractivity contribution >= 4 is 44.9 Å². The molecule has 7 rings (SSSR count). The van der Waals surface area contributed by atoms with Crippen molar-refractivity contribution in [3.63, 3.8) is 0 Å². The molecule has 0 aliphatic rings. The van der Waals surface area contributed by atoms with Gasteiger partial charge >= 0.3 is 0 Å². The Bertz CT molecular complexity index is 1970. The summed E-state index contributed by atoms with van der Waals surface area (Å²) in [6, 6.07) is 34.1. The molecule has 3 aromatic heterocycles. The van der Waals surface area contributed by atoms with Crippen LogP contribution in [0.25, 0.3) is 78.2 Å². The van der Waals surface area contributed by atoms with Crippen LogP contribution >= 0.6 is 0 Å². The summed E-state index contributed by atoms with van der Waals surface area (Å²) >= 11 is 0. The Kier molecular flexibility index (Phi) is 5.76. The third-order valence-electron chi connectivity index (χ3n) is 7.50. The van der Waals surface area contributed by atoms with E-state index in [4.69, 9.17) is 9.97 Å². The number of benzene rings is 4. The third kappa shape index (κ3) is 4.05. The molecule has 3 nitrogen and oxygen atoms in total. The number of hydrogen-bond donors (Lipinski definition) is 0. The maximum Gasteiger partial charge on any atom is 0.0986 e. The Morgan fingerprint density at radius 1 is 0.425 bits per heavy atom. The van der Waals surface area contributed by atoms with Gasteiger partial charge in [-0.25, -0.2) is 0 Å². The Morgan fingerprint density at radius 3 is 1.48 bits per heavy atom. The molecule has 0 radical (unpaired) electrons. The Labute approximate surface area is 232 Å². The highest BCUT2D eigenvalue weighted by molar-refractivity contribution is 6.22. The van der Waals surface area contributed by atoms with E-state index in [2.05, 4.69) is 103 Å². The summed E-state index contributed by atoms with van der Waals surface area (Å²) in [5.41, 5.74) is 11.6. The molecule has 40 heavy (non-hydrogen) atoms. The van der Waals surface area contributed by atoms with Crippen LogP contribution in [-0.2, 0) is 0 Å². The summed E-state index contributed by atoms with van der Waals surface area (Å²) in [7, 11) is 0. The average molecular weight is 512 g/mol.